The van der Waals surface area contributed by atoms with Crippen molar-refractivity contribution in [3.05, 3.63) is 23.3 Å². The second-order valence-electron chi connectivity index (χ2n) is 2.68. The maximum absolute atomic E-state index is 10.6. The zero-order valence-electron chi connectivity index (χ0n) is 9.46. The first-order chi connectivity index (χ1) is 7.34. The van der Waals surface area contributed by atoms with Crippen molar-refractivity contribution in [2.24, 2.45) is 0 Å². The second-order valence-corrected chi connectivity index (χ2v) is 3.59. The summed E-state index contributed by atoms with van der Waals surface area (Å²) in [5, 5.41) is 30.1. The molecule has 1 N–H and O–H groups in total. The molecule has 1 unspecified atom stereocenters. The van der Waals surface area contributed by atoms with Crippen LogP contribution in [0.3, 0.4) is 0 Å². The van der Waals surface area contributed by atoms with Crippen molar-refractivity contribution < 1.29 is 92.8 Å². The summed E-state index contributed by atoms with van der Waals surface area (Å²) in [6.45, 7) is 0. The summed E-state index contributed by atoms with van der Waals surface area (Å²) in [5.41, 5.74) is -1.61. The Hall–Kier alpha value is 0.0700. The molecule has 86 valence electrons. The Balaban J connectivity index is 0. The minimum absolute atomic E-state index is 0. The zero-order valence-corrected chi connectivity index (χ0v) is 14.3. The smallest absolute Gasteiger partial charge is 0.768 e. The van der Waals surface area contributed by atoms with Crippen LogP contribution in [-0.2, 0) is 11.1 Å². The number of hydrogen-bond donors (Lipinski definition) is 1. The van der Waals surface area contributed by atoms with Crippen molar-refractivity contribution in [3.8, 4) is 5.75 Å². The van der Waals surface area contributed by atoms with Gasteiger partial charge in [-0.25, -0.2) is 0 Å². The third-order valence-electron chi connectivity index (χ3n) is 1.71. The molecule has 0 amide bonds. The molecule has 10 heteroatoms. The number of phenols is 1. The van der Waals surface area contributed by atoms with E-state index in [-0.39, 0.29) is 59.1 Å². The number of carboxylic acid groups (broad SMARTS) is 2. The minimum Gasteiger partial charge on any atom is -0.768 e. The molecule has 0 aliphatic rings. The van der Waals surface area contributed by atoms with E-state index in [4.69, 9.17) is 0 Å². The van der Waals surface area contributed by atoms with Crippen LogP contribution in [0.4, 0.5) is 0 Å². The first kappa shape index (κ1) is 20.4. The summed E-state index contributed by atoms with van der Waals surface area (Å²) < 4.78 is 21.2. The van der Waals surface area contributed by atoms with Crippen LogP contribution < -0.4 is 69.3 Å². The molecule has 7 nitrogen and oxygen atoms in total. The van der Waals surface area contributed by atoms with Gasteiger partial charge in [0.1, 0.15) is 5.75 Å². The van der Waals surface area contributed by atoms with E-state index in [2.05, 4.69) is 0 Å². The van der Waals surface area contributed by atoms with Crippen molar-refractivity contribution in [1.82, 2.24) is 0 Å². The molecule has 0 aromatic heterocycles. The molecule has 1 aromatic carbocycles. The number of benzene rings is 1. The van der Waals surface area contributed by atoms with Gasteiger partial charge in [-0.05, 0) is 28.8 Å². The van der Waals surface area contributed by atoms with Crippen molar-refractivity contribution in [3.63, 3.8) is 0 Å². The Morgan fingerprint density at radius 1 is 1.11 bits per heavy atom. The van der Waals surface area contributed by atoms with Crippen LogP contribution in [-0.4, -0.2) is 25.8 Å². The number of carbonyl (C=O) groups excluding carboxylic acids is 2. The van der Waals surface area contributed by atoms with Gasteiger partial charge in [-0.1, -0.05) is 0 Å². The number of hydrogen-bond acceptors (Lipinski definition) is 7. The molecular weight excluding hydrogens is 286 g/mol. The minimum atomic E-state index is -2.98. The zero-order chi connectivity index (χ0) is 12.5. The Morgan fingerprint density at radius 2 is 1.61 bits per heavy atom. The number of aromatic hydroxyl groups is 1. The molecule has 0 aliphatic carbocycles. The van der Waals surface area contributed by atoms with E-state index in [1.165, 1.54) is 0 Å². The van der Waals surface area contributed by atoms with Crippen LogP contribution in [0.1, 0.15) is 20.7 Å². The van der Waals surface area contributed by atoms with E-state index >= 15 is 0 Å². The van der Waals surface area contributed by atoms with E-state index in [1.54, 1.807) is 0 Å². The van der Waals surface area contributed by atoms with Crippen LogP contribution >= 0.6 is 0 Å². The van der Waals surface area contributed by atoms with Gasteiger partial charge in [0, 0.05) is 5.56 Å². The van der Waals surface area contributed by atoms with Gasteiger partial charge in [-0.3, -0.25) is 4.21 Å². The van der Waals surface area contributed by atoms with E-state index in [9.17, 15) is 33.7 Å². The molecule has 0 aliphatic heterocycles. The largest absolute Gasteiger partial charge is 1.00 e. The van der Waals surface area contributed by atoms with Gasteiger partial charge in [-0.15, -0.1) is 0 Å². The monoisotopic (exact) mass is 289 g/mol. The molecule has 1 rings (SSSR count). The van der Waals surface area contributed by atoms with E-state index < -0.39 is 44.8 Å². The van der Waals surface area contributed by atoms with Crippen LogP contribution in [0, 0.1) is 0 Å². The number of carboxylic acids is 2. The Morgan fingerprint density at radius 3 is 1.94 bits per heavy atom. The molecule has 0 spiro atoms. The Kier molecular flexibility index (Phi) is 9.38. The maximum atomic E-state index is 10.6. The second kappa shape index (κ2) is 8.28. The summed E-state index contributed by atoms with van der Waals surface area (Å²) in [4.78, 5) is 20.1. The van der Waals surface area contributed by atoms with Crippen LogP contribution in [0.5, 0.6) is 5.75 Å². The maximum Gasteiger partial charge on any atom is 1.00 e. The normalized spacial score (nSPS) is 10.7. The van der Waals surface area contributed by atoms with Gasteiger partial charge in [0.15, 0.2) is 0 Å². The summed E-state index contributed by atoms with van der Waals surface area (Å²) in [7, 11) is 0. The molecule has 0 radical (unpaired) electrons. The van der Waals surface area contributed by atoms with Gasteiger partial charge < -0.3 is 29.5 Å². The van der Waals surface area contributed by atoms with Crippen molar-refractivity contribution in [1.29, 1.82) is 0 Å². The van der Waals surface area contributed by atoms with Crippen molar-refractivity contribution in [2.75, 3.05) is 0 Å². The standard InChI is InChI=1S/C8H6O7S.2Na/c9-6-4(8(12)13)1-3(7(10)11)2-5(6)16(14)15;;/h1-2,9H,(H,10,11)(H,12,13)(H,14,15);;/q;2*+1/p-3. The number of aromatic carboxylic acids is 2. The van der Waals surface area contributed by atoms with Gasteiger partial charge in [0.05, 0.1) is 16.8 Å². The molecular formula is C8H3Na2O7S-. The summed E-state index contributed by atoms with van der Waals surface area (Å²) in [6, 6.07) is 1.14. The van der Waals surface area contributed by atoms with E-state index in [0.29, 0.717) is 12.1 Å². The molecule has 1 atom stereocenters. The molecule has 0 bridgehead atoms. The van der Waals surface area contributed by atoms with Crippen LogP contribution in [0.15, 0.2) is 17.0 Å². The first-order valence-electron chi connectivity index (χ1n) is 3.73. The van der Waals surface area contributed by atoms with Gasteiger partial charge >= 0.3 is 59.1 Å². The molecule has 0 saturated heterocycles. The predicted octanol–water partition coefficient (Wildman–Crippen LogP) is -8.63. The molecule has 0 heterocycles. The van der Waals surface area contributed by atoms with Crippen molar-refractivity contribution in [2.45, 2.75) is 4.90 Å². The number of carbonyl (C=O) groups is 2. The van der Waals surface area contributed by atoms with Crippen LogP contribution in [0.2, 0.25) is 0 Å². The fraction of sp³-hybridized carbons (Fsp3) is 0. The first-order valence-corrected chi connectivity index (χ1v) is 4.81. The third-order valence-corrected chi connectivity index (χ3v) is 2.38. The van der Waals surface area contributed by atoms with Crippen molar-refractivity contribution >= 4 is 23.0 Å². The van der Waals surface area contributed by atoms with Gasteiger partial charge in [-0.2, -0.15) is 0 Å². The fourth-order valence-electron chi connectivity index (χ4n) is 1.01. The number of rotatable bonds is 3. The summed E-state index contributed by atoms with van der Waals surface area (Å²) in [6.07, 6.45) is 0. The summed E-state index contributed by atoms with van der Waals surface area (Å²) in [5.74, 6) is -4.74. The molecule has 1 aromatic rings. The van der Waals surface area contributed by atoms with Crippen LogP contribution in [0.25, 0.3) is 0 Å². The molecule has 0 saturated carbocycles. The molecule has 18 heavy (non-hydrogen) atoms. The fourth-order valence-corrected chi connectivity index (χ4v) is 1.50. The average molecular weight is 289 g/mol. The quantitative estimate of drug-likeness (QED) is 0.430. The predicted molar refractivity (Wildman–Crippen MR) is 44.0 cm³/mol. The Labute approximate surface area is 148 Å². The third kappa shape index (κ3) is 4.63. The topological polar surface area (TPSA) is 141 Å². The van der Waals surface area contributed by atoms with E-state index in [0.717, 1.165) is 0 Å². The SMILES string of the molecule is O=C([O-])c1cc(C(=O)[O-])c(O)c(S(=O)[O-])c1.[Na+].[Na+]. The van der Waals surface area contributed by atoms with E-state index in [1.807, 2.05) is 0 Å². The average Bonchev–Trinajstić information content (AvgIpc) is 2.16. The Bertz CT molecular complexity index is 467. The van der Waals surface area contributed by atoms with Gasteiger partial charge in [0.2, 0.25) is 0 Å². The van der Waals surface area contributed by atoms with Gasteiger partial charge in [0.25, 0.3) is 0 Å². The molecule has 0 fully saturated rings. The summed E-state index contributed by atoms with van der Waals surface area (Å²) >= 11 is -2.98.